The SMILES string of the molecule is COCc1nc(-c2cc(C)c(C)cc2C)sc1C(=O)O. The van der Waals surface area contributed by atoms with Crippen molar-refractivity contribution in [3.05, 3.63) is 39.4 Å². The predicted molar refractivity (Wildman–Crippen MR) is 79.4 cm³/mol. The molecule has 0 saturated carbocycles. The van der Waals surface area contributed by atoms with Crippen molar-refractivity contribution in [3.63, 3.8) is 0 Å². The van der Waals surface area contributed by atoms with Gasteiger partial charge >= 0.3 is 5.97 Å². The molecule has 2 rings (SSSR count). The Balaban J connectivity index is 2.56. The second kappa shape index (κ2) is 5.73. The standard InChI is InChI=1S/C15H17NO3S/c1-8-5-10(3)11(6-9(8)2)14-16-12(7-19-4)13(20-14)15(17)18/h5-6H,7H2,1-4H3,(H,17,18). The number of hydrogen-bond acceptors (Lipinski definition) is 4. The Morgan fingerprint density at radius 1 is 1.25 bits per heavy atom. The molecule has 0 atom stereocenters. The maximum Gasteiger partial charge on any atom is 0.347 e. The van der Waals surface area contributed by atoms with Crippen LogP contribution in [0.1, 0.15) is 32.1 Å². The summed E-state index contributed by atoms with van der Waals surface area (Å²) in [5.74, 6) is -0.956. The molecule has 0 aliphatic rings. The van der Waals surface area contributed by atoms with Crippen LogP contribution in [0, 0.1) is 20.8 Å². The van der Waals surface area contributed by atoms with Crippen LogP contribution in [0.2, 0.25) is 0 Å². The van der Waals surface area contributed by atoms with Crippen LogP contribution in [0.3, 0.4) is 0 Å². The fraction of sp³-hybridized carbons (Fsp3) is 0.333. The van der Waals surface area contributed by atoms with Gasteiger partial charge < -0.3 is 9.84 Å². The number of carboxylic acids is 1. The first kappa shape index (κ1) is 14.7. The maximum atomic E-state index is 11.3. The van der Waals surface area contributed by atoms with Gasteiger partial charge in [0.05, 0.1) is 12.3 Å². The number of thiazole rings is 1. The smallest absolute Gasteiger partial charge is 0.347 e. The molecule has 0 spiro atoms. The van der Waals surface area contributed by atoms with Gasteiger partial charge in [-0.2, -0.15) is 0 Å². The Kier molecular flexibility index (Phi) is 4.20. The Hall–Kier alpha value is -1.72. The molecule has 5 heteroatoms. The van der Waals surface area contributed by atoms with Gasteiger partial charge in [0.15, 0.2) is 0 Å². The first-order valence-electron chi connectivity index (χ1n) is 6.24. The summed E-state index contributed by atoms with van der Waals surface area (Å²) in [5, 5.41) is 9.97. The Morgan fingerprint density at radius 3 is 2.50 bits per heavy atom. The van der Waals surface area contributed by atoms with Crippen LogP contribution in [0.25, 0.3) is 10.6 Å². The van der Waals surface area contributed by atoms with Crippen molar-refractivity contribution in [1.82, 2.24) is 4.98 Å². The minimum absolute atomic E-state index is 0.210. The van der Waals surface area contributed by atoms with Gasteiger partial charge in [-0.3, -0.25) is 0 Å². The molecule has 0 aliphatic heterocycles. The number of hydrogen-bond donors (Lipinski definition) is 1. The lowest BCUT2D eigenvalue weighted by atomic mass is 10.0. The molecule has 106 valence electrons. The van der Waals surface area contributed by atoms with Gasteiger partial charge in [0.1, 0.15) is 9.88 Å². The molecule has 0 fully saturated rings. The second-order valence-electron chi connectivity index (χ2n) is 4.78. The molecule has 0 amide bonds. The molecule has 1 aromatic carbocycles. The van der Waals surface area contributed by atoms with Crippen molar-refractivity contribution in [3.8, 4) is 10.6 Å². The van der Waals surface area contributed by atoms with E-state index in [1.165, 1.54) is 29.6 Å². The van der Waals surface area contributed by atoms with Crippen molar-refractivity contribution >= 4 is 17.3 Å². The highest BCUT2D eigenvalue weighted by Crippen LogP contribution is 2.32. The van der Waals surface area contributed by atoms with Crippen molar-refractivity contribution in [1.29, 1.82) is 0 Å². The minimum atomic E-state index is -0.956. The molecule has 0 saturated heterocycles. The summed E-state index contributed by atoms with van der Waals surface area (Å²) in [5.41, 5.74) is 4.97. The molecular weight excluding hydrogens is 274 g/mol. The van der Waals surface area contributed by atoms with Crippen LogP contribution in [-0.2, 0) is 11.3 Å². The van der Waals surface area contributed by atoms with Crippen molar-refractivity contribution in [2.75, 3.05) is 7.11 Å². The van der Waals surface area contributed by atoms with Crippen LogP contribution in [-0.4, -0.2) is 23.2 Å². The van der Waals surface area contributed by atoms with Gasteiger partial charge in [0, 0.05) is 12.7 Å². The monoisotopic (exact) mass is 291 g/mol. The molecule has 1 aromatic heterocycles. The van der Waals surface area contributed by atoms with Crippen LogP contribution in [0.4, 0.5) is 0 Å². The zero-order valence-electron chi connectivity index (χ0n) is 12.0. The fourth-order valence-corrected chi connectivity index (χ4v) is 3.05. The number of nitrogens with zero attached hydrogens (tertiary/aromatic N) is 1. The molecule has 0 aliphatic carbocycles. The molecule has 1 heterocycles. The lowest BCUT2D eigenvalue weighted by molar-refractivity contribution is 0.0697. The lowest BCUT2D eigenvalue weighted by Gasteiger charge is -2.07. The van der Waals surface area contributed by atoms with Gasteiger partial charge in [-0.25, -0.2) is 9.78 Å². The average molecular weight is 291 g/mol. The van der Waals surface area contributed by atoms with Gasteiger partial charge in [-0.1, -0.05) is 6.07 Å². The lowest BCUT2D eigenvalue weighted by Crippen LogP contribution is -1.99. The third-order valence-corrected chi connectivity index (χ3v) is 4.36. The third-order valence-electron chi connectivity index (χ3n) is 3.24. The number of aromatic nitrogens is 1. The highest BCUT2D eigenvalue weighted by atomic mass is 32.1. The number of aryl methyl sites for hydroxylation is 3. The number of benzene rings is 1. The summed E-state index contributed by atoms with van der Waals surface area (Å²) >= 11 is 1.20. The topological polar surface area (TPSA) is 59.4 Å². The molecular formula is C15H17NO3S. The van der Waals surface area contributed by atoms with Gasteiger partial charge in [-0.15, -0.1) is 11.3 Å². The normalized spacial score (nSPS) is 10.8. The van der Waals surface area contributed by atoms with Crippen molar-refractivity contribution in [2.45, 2.75) is 27.4 Å². The quantitative estimate of drug-likeness (QED) is 0.935. The van der Waals surface area contributed by atoms with Gasteiger partial charge in [0.2, 0.25) is 0 Å². The zero-order chi connectivity index (χ0) is 14.9. The first-order chi connectivity index (χ1) is 9.43. The van der Waals surface area contributed by atoms with Crippen molar-refractivity contribution < 1.29 is 14.6 Å². The van der Waals surface area contributed by atoms with Crippen LogP contribution < -0.4 is 0 Å². The van der Waals surface area contributed by atoms with E-state index in [4.69, 9.17) is 4.74 Å². The summed E-state index contributed by atoms with van der Waals surface area (Å²) in [6.07, 6.45) is 0. The summed E-state index contributed by atoms with van der Waals surface area (Å²) < 4.78 is 5.02. The van der Waals surface area contributed by atoms with Crippen LogP contribution in [0.5, 0.6) is 0 Å². The number of ether oxygens (including phenoxy) is 1. The van der Waals surface area contributed by atoms with E-state index in [0.717, 1.165) is 16.1 Å². The number of carboxylic acid groups (broad SMARTS) is 1. The van der Waals surface area contributed by atoms with Gasteiger partial charge in [0.25, 0.3) is 0 Å². The van der Waals surface area contributed by atoms with E-state index >= 15 is 0 Å². The number of rotatable bonds is 4. The Labute approximate surface area is 122 Å². The van der Waals surface area contributed by atoms with E-state index in [2.05, 4.69) is 24.0 Å². The highest BCUT2D eigenvalue weighted by Gasteiger charge is 2.19. The summed E-state index contributed by atoms with van der Waals surface area (Å²) in [6.45, 7) is 6.33. The van der Waals surface area contributed by atoms with Crippen LogP contribution in [0.15, 0.2) is 12.1 Å². The summed E-state index contributed by atoms with van der Waals surface area (Å²) in [4.78, 5) is 15.9. The largest absolute Gasteiger partial charge is 0.477 e. The average Bonchev–Trinajstić information content (AvgIpc) is 2.78. The Bertz CT molecular complexity index is 661. The van der Waals surface area contributed by atoms with Crippen molar-refractivity contribution in [2.24, 2.45) is 0 Å². The molecule has 4 nitrogen and oxygen atoms in total. The molecule has 0 bridgehead atoms. The third kappa shape index (κ3) is 2.73. The predicted octanol–water partition coefficient (Wildman–Crippen LogP) is 3.58. The molecule has 1 N–H and O–H groups in total. The van der Waals surface area contributed by atoms with E-state index < -0.39 is 5.97 Å². The number of methoxy groups -OCH3 is 1. The molecule has 0 unspecified atom stereocenters. The van der Waals surface area contributed by atoms with E-state index in [-0.39, 0.29) is 11.5 Å². The fourth-order valence-electron chi connectivity index (χ4n) is 2.06. The van der Waals surface area contributed by atoms with E-state index in [9.17, 15) is 9.90 Å². The first-order valence-corrected chi connectivity index (χ1v) is 7.05. The number of aromatic carboxylic acids is 1. The summed E-state index contributed by atoms with van der Waals surface area (Å²) in [6, 6.07) is 4.16. The zero-order valence-corrected chi connectivity index (χ0v) is 12.8. The molecule has 2 aromatic rings. The van der Waals surface area contributed by atoms with E-state index in [1.54, 1.807) is 0 Å². The molecule has 0 radical (unpaired) electrons. The van der Waals surface area contributed by atoms with Crippen LogP contribution >= 0.6 is 11.3 Å². The molecule has 20 heavy (non-hydrogen) atoms. The second-order valence-corrected chi connectivity index (χ2v) is 5.78. The Morgan fingerprint density at radius 2 is 1.90 bits per heavy atom. The highest BCUT2D eigenvalue weighted by molar-refractivity contribution is 7.17. The minimum Gasteiger partial charge on any atom is -0.477 e. The van der Waals surface area contributed by atoms with Gasteiger partial charge in [-0.05, 0) is 43.5 Å². The number of carbonyl (C=O) groups is 1. The maximum absolute atomic E-state index is 11.3. The van der Waals surface area contributed by atoms with E-state index in [1.807, 2.05) is 13.8 Å². The summed E-state index contributed by atoms with van der Waals surface area (Å²) in [7, 11) is 1.53. The van der Waals surface area contributed by atoms with E-state index in [0.29, 0.717) is 5.69 Å².